The highest BCUT2D eigenvalue weighted by Crippen LogP contribution is 2.39. The Morgan fingerprint density at radius 3 is 2.30 bits per heavy atom. The van der Waals surface area contributed by atoms with E-state index >= 15 is 0 Å². The molecule has 1 aliphatic rings. The van der Waals surface area contributed by atoms with Gasteiger partial charge in [0.1, 0.15) is 0 Å². The maximum absolute atomic E-state index is 13.3. The van der Waals surface area contributed by atoms with Gasteiger partial charge in [0.2, 0.25) is 10.0 Å². The van der Waals surface area contributed by atoms with Crippen LogP contribution in [0.5, 0.6) is 0 Å². The van der Waals surface area contributed by atoms with Gasteiger partial charge < -0.3 is 9.64 Å². The van der Waals surface area contributed by atoms with Gasteiger partial charge in [0.15, 0.2) is 5.01 Å². The fourth-order valence-corrected chi connectivity index (χ4v) is 5.94. The molecule has 0 aliphatic carbocycles. The number of carbonyl (C=O) groups is 1. The van der Waals surface area contributed by atoms with Gasteiger partial charge in [-0.05, 0) is 56.2 Å². The van der Waals surface area contributed by atoms with E-state index in [1.807, 2.05) is 26.0 Å². The minimum atomic E-state index is -3.83. The van der Waals surface area contributed by atoms with Gasteiger partial charge in [-0.25, -0.2) is 18.5 Å². The number of ether oxygens (including phenoxy) is 1. The number of hydrogen-bond donors (Lipinski definition) is 1. The first-order valence-corrected chi connectivity index (χ1v) is 13.1. The standard InChI is InChI=1S/C23H24ClN3O4S2/c1-13-10-17(6-9-19(13)33(25,29)30)21-20(16-4-7-18(24)8-5-16)26-22(32-21)23(28)27-11-14(2)31-15(3)12-27/h4-10,14-15H,11-12H2,1-3H3,(H2,25,29,30). The highest BCUT2D eigenvalue weighted by Gasteiger charge is 2.29. The van der Waals surface area contributed by atoms with E-state index in [4.69, 9.17) is 26.5 Å². The van der Waals surface area contributed by atoms with Gasteiger partial charge in [-0.2, -0.15) is 0 Å². The second-order valence-corrected chi connectivity index (χ2v) is 11.2. The highest BCUT2D eigenvalue weighted by molar-refractivity contribution is 7.89. The van der Waals surface area contributed by atoms with Gasteiger partial charge in [0.05, 0.1) is 27.7 Å². The van der Waals surface area contributed by atoms with Crippen molar-refractivity contribution in [3.05, 3.63) is 58.1 Å². The first kappa shape index (κ1) is 23.8. The predicted molar refractivity (Wildman–Crippen MR) is 130 cm³/mol. The molecule has 2 aromatic carbocycles. The van der Waals surface area contributed by atoms with Gasteiger partial charge in [0, 0.05) is 23.7 Å². The van der Waals surface area contributed by atoms with Gasteiger partial charge in [-0.3, -0.25) is 4.79 Å². The SMILES string of the molecule is Cc1cc(-c2sc(C(=O)N3CC(C)OC(C)C3)nc2-c2ccc(Cl)cc2)ccc1S(N)(=O)=O. The second kappa shape index (κ2) is 9.15. The van der Waals surface area contributed by atoms with Crippen LogP contribution in [0.1, 0.15) is 29.2 Å². The number of morpholine rings is 1. The van der Waals surface area contributed by atoms with E-state index < -0.39 is 10.0 Å². The Hall–Kier alpha value is -2.30. The number of nitrogens with zero attached hydrogens (tertiary/aromatic N) is 2. The van der Waals surface area contributed by atoms with Crippen LogP contribution in [0.25, 0.3) is 21.7 Å². The van der Waals surface area contributed by atoms with Crippen molar-refractivity contribution in [2.45, 2.75) is 37.9 Å². The number of halogens is 1. The van der Waals surface area contributed by atoms with Gasteiger partial charge in [-0.1, -0.05) is 29.8 Å². The van der Waals surface area contributed by atoms with E-state index in [1.54, 1.807) is 36.1 Å². The summed E-state index contributed by atoms with van der Waals surface area (Å²) >= 11 is 7.34. The number of hydrogen-bond acceptors (Lipinski definition) is 6. The molecule has 0 saturated carbocycles. The Balaban J connectivity index is 1.80. The molecule has 174 valence electrons. The Morgan fingerprint density at radius 2 is 1.73 bits per heavy atom. The van der Waals surface area contributed by atoms with Crippen LogP contribution in [0.4, 0.5) is 0 Å². The van der Waals surface area contributed by atoms with Crippen LogP contribution < -0.4 is 5.14 Å². The summed E-state index contributed by atoms with van der Waals surface area (Å²) in [6.45, 7) is 6.57. The van der Waals surface area contributed by atoms with E-state index in [1.165, 1.54) is 17.4 Å². The zero-order valence-corrected chi connectivity index (χ0v) is 20.8. The molecule has 1 amide bonds. The fourth-order valence-electron chi connectivity index (χ4n) is 4.00. The normalized spacial score (nSPS) is 19.0. The third-order valence-electron chi connectivity index (χ3n) is 5.38. The van der Waals surface area contributed by atoms with Crippen molar-refractivity contribution >= 4 is 38.9 Å². The maximum Gasteiger partial charge on any atom is 0.283 e. The second-order valence-electron chi connectivity index (χ2n) is 8.20. The maximum atomic E-state index is 13.3. The number of nitrogens with two attached hydrogens (primary N) is 1. The minimum absolute atomic E-state index is 0.0544. The summed E-state index contributed by atoms with van der Waals surface area (Å²) in [4.78, 5) is 20.6. The molecule has 3 aromatic rings. The summed E-state index contributed by atoms with van der Waals surface area (Å²) in [5.74, 6) is -0.152. The van der Waals surface area contributed by atoms with Crippen LogP contribution in [0.3, 0.4) is 0 Å². The van der Waals surface area contributed by atoms with Crippen molar-refractivity contribution in [2.75, 3.05) is 13.1 Å². The van der Waals surface area contributed by atoms with Gasteiger partial charge in [0.25, 0.3) is 5.91 Å². The molecule has 0 spiro atoms. The predicted octanol–water partition coefficient (Wildman–Crippen LogP) is 4.34. The Bertz CT molecular complexity index is 1300. The first-order valence-electron chi connectivity index (χ1n) is 10.4. The number of sulfonamides is 1. The molecule has 7 nitrogen and oxygen atoms in total. The van der Waals surface area contributed by atoms with E-state index in [2.05, 4.69) is 0 Å². The number of primary sulfonamides is 1. The molecule has 2 N–H and O–H groups in total. The van der Waals surface area contributed by atoms with Crippen LogP contribution in [0, 0.1) is 6.92 Å². The molecule has 1 fully saturated rings. The molecule has 2 unspecified atom stereocenters. The molecule has 10 heteroatoms. The first-order chi connectivity index (χ1) is 15.5. The van der Waals surface area contributed by atoms with Crippen molar-refractivity contribution < 1.29 is 17.9 Å². The molecular formula is C23H24ClN3O4S2. The van der Waals surface area contributed by atoms with E-state index in [9.17, 15) is 13.2 Å². The average molecular weight is 506 g/mol. The van der Waals surface area contributed by atoms with Crippen molar-refractivity contribution in [2.24, 2.45) is 5.14 Å². The summed E-state index contributed by atoms with van der Waals surface area (Å²) in [7, 11) is -3.83. The van der Waals surface area contributed by atoms with Crippen LogP contribution in [0.15, 0.2) is 47.4 Å². The highest BCUT2D eigenvalue weighted by atomic mass is 35.5. The molecule has 1 aromatic heterocycles. The number of amides is 1. The number of thiazole rings is 1. The summed E-state index contributed by atoms with van der Waals surface area (Å²) in [5.41, 5.74) is 2.72. The lowest BCUT2D eigenvalue weighted by atomic mass is 10.1. The van der Waals surface area contributed by atoms with Crippen LogP contribution in [-0.4, -0.2) is 49.5 Å². The zero-order valence-electron chi connectivity index (χ0n) is 18.4. The van der Waals surface area contributed by atoms with Crippen LogP contribution in [0.2, 0.25) is 5.02 Å². The van der Waals surface area contributed by atoms with Gasteiger partial charge >= 0.3 is 0 Å². The zero-order chi connectivity index (χ0) is 23.9. The fraction of sp³-hybridized carbons (Fsp3) is 0.304. The minimum Gasteiger partial charge on any atom is -0.372 e. The molecule has 0 bridgehead atoms. The third-order valence-corrected chi connectivity index (χ3v) is 7.79. The van der Waals surface area contributed by atoms with Crippen LogP contribution >= 0.6 is 22.9 Å². The number of aryl methyl sites for hydroxylation is 1. The van der Waals surface area contributed by atoms with Crippen molar-refractivity contribution in [1.82, 2.24) is 9.88 Å². The Kier molecular flexibility index (Phi) is 6.61. The molecule has 1 saturated heterocycles. The van der Waals surface area contributed by atoms with E-state index in [0.29, 0.717) is 34.4 Å². The quantitative estimate of drug-likeness (QED) is 0.568. The Labute approximate surface area is 202 Å². The molecule has 2 heterocycles. The van der Waals surface area contributed by atoms with Crippen LogP contribution in [-0.2, 0) is 14.8 Å². The molecule has 1 aliphatic heterocycles. The molecule has 33 heavy (non-hydrogen) atoms. The summed E-state index contributed by atoms with van der Waals surface area (Å²) < 4.78 is 29.4. The summed E-state index contributed by atoms with van der Waals surface area (Å²) in [6, 6.07) is 12.1. The van der Waals surface area contributed by atoms with Crippen molar-refractivity contribution in [3.63, 3.8) is 0 Å². The number of rotatable bonds is 4. The molecule has 0 radical (unpaired) electrons. The van der Waals surface area contributed by atoms with Crippen molar-refractivity contribution in [3.8, 4) is 21.7 Å². The van der Waals surface area contributed by atoms with E-state index in [-0.39, 0.29) is 23.0 Å². The smallest absolute Gasteiger partial charge is 0.283 e. The summed E-state index contributed by atoms with van der Waals surface area (Å²) in [5, 5.41) is 6.28. The lowest BCUT2D eigenvalue weighted by Crippen LogP contribution is -2.48. The topological polar surface area (TPSA) is 103 Å². The molecule has 4 rings (SSSR count). The van der Waals surface area contributed by atoms with Gasteiger partial charge in [-0.15, -0.1) is 11.3 Å². The molecular weight excluding hydrogens is 482 g/mol. The average Bonchev–Trinajstić information content (AvgIpc) is 3.17. The molecule has 2 atom stereocenters. The summed E-state index contributed by atoms with van der Waals surface area (Å²) in [6.07, 6.45) is -0.109. The lowest BCUT2D eigenvalue weighted by Gasteiger charge is -2.34. The Morgan fingerprint density at radius 1 is 1.12 bits per heavy atom. The third kappa shape index (κ3) is 5.12. The van der Waals surface area contributed by atoms with Crippen molar-refractivity contribution in [1.29, 1.82) is 0 Å². The largest absolute Gasteiger partial charge is 0.372 e. The lowest BCUT2D eigenvalue weighted by molar-refractivity contribution is -0.0586. The van der Waals surface area contributed by atoms with E-state index in [0.717, 1.165) is 16.0 Å². The monoisotopic (exact) mass is 505 g/mol. The number of aromatic nitrogens is 1. The number of carbonyl (C=O) groups excluding carboxylic acids is 1. The number of benzene rings is 2.